The quantitative estimate of drug-likeness (QED) is 0.442. The van der Waals surface area contributed by atoms with Crippen molar-refractivity contribution in [3.05, 3.63) is 69.7 Å². The molecule has 1 amide bonds. The second kappa shape index (κ2) is 10.3. The molecule has 4 nitrogen and oxygen atoms in total. The number of carbonyl (C=O) groups is 2. The lowest BCUT2D eigenvalue weighted by Gasteiger charge is -2.52. The average Bonchev–Trinajstić information content (AvgIpc) is 2.77. The summed E-state index contributed by atoms with van der Waals surface area (Å²) in [6.45, 7) is 6.08. The zero-order valence-electron chi connectivity index (χ0n) is 18.9. The van der Waals surface area contributed by atoms with Crippen molar-refractivity contribution in [3.63, 3.8) is 0 Å². The van der Waals surface area contributed by atoms with Crippen LogP contribution in [0.3, 0.4) is 0 Å². The molecule has 0 aromatic heterocycles. The summed E-state index contributed by atoms with van der Waals surface area (Å²) in [5.74, 6) is -1.10. The molecule has 0 spiro atoms. The Morgan fingerprint density at radius 3 is 2.25 bits per heavy atom. The number of carbonyl (C=O) groups excluding carboxylic acids is 1. The Morgan fingerprint density at radius 1 is 1.06 bits per heavy atom. The molecule has 1 aliphatic rings. The van der Waals surface area contributed by atoms with Crippen molar-refractivity contribution < 1.29 is 14.7 Å². The number of carboxylic acids is 1. The summed E-state index contributed by atoms with van der Waals surface area (Å²) < 4.78 is 0. The van der Waals surface area contributed by atoms with E-state index in [1.54, 1.807) is 0 Å². The molecular formula is C26H31Cl2NO3. The number of piperidine rings is 1. The van der Waals surface area contributed by atoms with Gasteiger partial charge in [-0.1, -0.05) is 68.2 Å². The van der Waals surface area contributed by atoms with Gasteiger partial charge in [-0.05, 0) is 61.1 Å². The molecule has 3 unspecified atom stereocenters. The van der Waals surface area contributed by atoms with Gasteiger partial charge in [-0.3, -0.25) is 9.59 Å². The summed E-state index contributed by atoms with van der Waals surface area (Å²) in [6.07, 6.45) is 2.34. The third-order valence-electron chi connectivity index (χ3n) is 6.97. The molecule has 3 rings (SSSR count). The maximum Gasteiger partial charge on any atom is 0.304 e. The van der Waals surface area contributed by atoms with Crippen LogP contribution in [0.4, 0.5) is 0 Å². The number of likely N-dealkylation sites (tertiary alicyclic amines) is 1. The fourth-order valence-electron chi connectivity index (χ4n) is 5.24. The van der Waals surface area contributed by atoms with Crippen LogP contribution in [-0.4, -0.2) is 27.9 Å². The molecule has 172 valence electrons. The van der Waals surface area contributed by atoms with E-state index in [4.69, 9.17) is 23.2 Å². The fraction of sp³-hybridized carbons (Fsp3) is 0.462. The largest absolute Gasteiger partial charge is 0.481 e. The number of rotatable bonds is 8. The standard InChI is InChI=1S/C26H31Cl2NO3/c1-4-21(5-2)29-24(17-10-12-19(27)13-11-17)22(18-8-7-9-20(28)14-18)15-26(6-3,25(29)32)16-23(30)31/h7-14,21-22,24H,4-6,15-16H2,1-3H3,(H,30,31). The third kappa shape index (κ3) is 4.82. The maximum atomic E-state index is 14.1. The van der Waals surface area contributed by atoms with Crippen molar-refractivity contribution in [1.29, 1.82) is 0 Å². The lowest BCUT2D eigenvalue weighted by atomic mass is 9.64. The Labute approximate surface area is 200 Å². The minimum Gasteiger partial charge on any atom is -0.481 e. The van der Waals surface area contributed by atoms with Gasteiger partial charge >= 0.3 is 5.97 Å². The van der Waals surface area contributed by atoms with Gasteiger partial charge in [-0.15, -0.1) is 0 Å². The highest BCUT2D eigenvalue weighted by Crippen LogP contribution is 2.53. The first kappa shape index (κ1) is 24.6. The Bertz CT molecular complexity index is 958. The van der Waals surface area contributed by atoms with E-state index in [1.165, 1.54) is 0 Å². The molecule has 2 aromatic rings. The van der Waals surface area contributed by atoms with E-state index < -0.39 is 11.4 Å². The monoisotopic (exact) mass is 475 g/mol. The smallest absolute Gasteiger partial charge is 0.304 e. The second-order valence-corrected chi connectivity index (χ2v) is 9.62. The van der Waals surface area contributed by atoms with Crippen LogP contribution in [0.15, 0.2) is 48.5 Å². The van der Waals surface area contributed by atoms with Gasteiger partial charge in [0.15, 0.2) is 0 Å². The molecule has 1 fully saturated rings. The molecular weight excluding hydrogens is 445 g/mol. The van der Waals surface area contributed by atoms with Crippen LogP contribution in [0.5, 0.6) is 0 Å². The SMILES string of the molecule is CCC(CC)N1C(=O)C(CC)(CC(=O)O)CC(c2cccc(Cl)c2)C1c1ccc(Cl)cc1. The molecule has 0 radical (unpaired) electrons. The Kier molecular flexibility index (Phi) is 7.89. The van der Waals surface area contributed by atoms with E-state index in [-0.39, 0.29) is 30.3 Å². The lowest BCUT2D eigenvalue weighted by molar-refractivity contribution is -0.162. The minimum atomic E-state index is -0.954. The van der Waals surface area contributed by atoms with Gasteiger partial charge in [0, 0.05) is 22.0 Å². The van der Waals surface area contributed by atoms with Crippen molar-refractivity contribution in [3.8, 4) is 0 Å². The number of aliphatic carboxylic acids is 1. The second-order valence-electron chi connectivity index (χ2n) is 8.75. The number of benzene rings is 2. The Balaban J connectivity index is 2.25. The van der Waals surface area contributed by atoms with Crippen molar-refractivity contribution in [2.75, 3.05) is 0 Å². The minimum absolute atomic E-state index is 0.00452. The number of hydrogen-bond acceptors (Lipinski definition) is 2. The number of hydrogen-bond donors (Lipinski definition) is 1. The maximum absolute atomic E-state index is 14.1. The fourth-order valence-corrected chi connectivity index (χ4v) is 5.56. The van der Waals surface area contributed by atoms with Crippen molar-refractivity contribution >= 4 is 35.1 Å². The summed E-state index contributed by atoms with van der Waals surface area (Å²) in [7, 11) is 0. The topological polar surface area (TPSA) is 57.6 Å². The first-order valence-electron chi connectivity index (χ1n) is 11.3. The predicted octanol–water partition coefficient (Wildman–Crippen LogP) is 7.11. The Hall–Kier alpha value is -2.04. The van der Waals surface area contributed by atoms with Crippen LogP contribution in [0.2, 0.25) is 10.0 Å². The average molecular weight is 476 g/mol. The van der Waals surface area contributed by atoms with Gasteiger partial charge in [0.25, 0.3) is 0 Å². The molecule has 1 N–H and O–H groups in total. The number of halogens is 2. The van der Waals surface area contributed by atoms with Crippen molar-refractivity contribution in [1.82, 2.24) is 4.90 Å². The summed E-state index contributed by atoms with van der Waals surface area (Å²) in [5.41, 5.74) is 1.06. The molecule has 32 heavy (non-hydrogen) atoms. The highest BCUT2D eigenvalue weighted by molar-refractivity contribution is 6.30. The summed E-state index contributed by atoms with van der Waals surface area (Å²) in [5, 5.41) is 11.0. The molecule has 3 atom stereocenters. The molecule has 0 bridgehead atoms. The first-order chi connectivity index (χ1) is 15.3. The van der Waals surface area contributed by atoms with Gasteiger partial charge in [0.2, 0.25) is 5.91 Å². The molecule has 0 aliphatic carbocycles. The highest BCUT2D eigenvalue weighted by atomic mass is 35.5. The van der Waals surface area contributed by atoms with Gasteiger partial charge < -0.3 is 10.0 Å². The van der Waals surface area contributed by atoms with Crippen molar-refractivity contribution in [2.45, 2.75) is 70.9 Å². The van der Waals surface area contributed by atoms with Gasteiger partial charge in [0.1, 0.15) is 0 Å². The molecule has 1 saturated heterocycles. The molecule has 0 saturated carbocycles. The molecule has 1 aliphatic heterocycles. The number of nitrogens with zero attached hydrogens (tertiary/aromatic N) is 1. The predicted molar refractivity (Wildman–Crippen MR) is 129 cm³/mol. The van der Waals surface area contributed by atoms with E-state index in [2.05, 4.69) is 13.8 Å². The van der Waals surface area contributed by atoms with E-state index in [0.717, 1.165) is 24.0 Å². The van der Waals surface area contributed by atoms with Gasteiger partial charge in [0.05, 0.1) is 17.9 Å². The third-order valence-corrected chi connectivity index (χ3v) is 7.46. The normalized spacial score (nSPS) is 23.6. The van der Waals surface area contributed by atoms with Crippen LogP contribution in [-0.2, 0) is 9.59 Å². The van der Waals surface area contributed by atoms with E-state index in [9.17, 15) is 14.7 Å². The molecule has 2 aromatic carbocycles. The number of carboxylic acid groups (broad SMARTS) is 1. The summed E-state index contributed by atoms with van der Waals surface area (Å²) in [6, 6.07) is 15.1. The molecule has 6 heteroatoms. The van der Waals surface area contributed by atoms with Crippen LogP contribution in [0.1, 0.15) is 76.0 Å². The molecule has 1 heterocycles. The summed E-state index contributed by atoms with van der Waals surface area (Å²) >= 11 is 12.5. The highest BCUT2D eigenvalue weighted by Gasteiger charge is 2.53. The van der Waals surface area contributed by atoms with Crippen LogP contribution in [0, 0.1) is 5.41 Å². The summed E-state index contributed by atoms with van der Waals surface area (Å²) in [4.78, 5) is 27.9. The van der Waals surface area contributed by atoms with E-state index in [0.29, 0.717) is 22.9 Å². The van der Waals surface area contributed by atoms with Gasteiger partial charge in [-0.2, -0.15) is 0 Å². The van der Waals surface area contributed by atoms with Crippen LogP contribution < -0.4 is 0 Å². The van der Waals surface area contributed by atoms with Crippen molar-refractivity contribution in [2.24, 2.45) is 5.41 Å². The van der Waals surface area contributed by atoms with Gasteiger partial charge in [-0.25, -0.2) is 0 Å². The van der Waals surface area contributed by atoms with E-state index in [1.807, 2.05) is 60.4 Å². The zero-order chi connectivity index (χ0) is 23.5. The number of amides is 1. The van der Waals surface area contributed by atoms with Crippen LogP contribution in [0.25, 0.3) is 0 Å². The van der Waals surface area contributed by atoms with E-state index >= 15 is 0 Å². The Morgan fingerprint density at radius 2 is 1.72 bits per heavy atom. The first-order valence-corrected chi connectivity index (χ1v) is 12.1. The zero-order valence-corrected chi connectivity index (χ0v) is 20.4. The van der Waals surface area contributed by atoms with Crippen LogP contribution >= 0.6 is 23.2 Å². The lowest BCUT2D eigenvalue weighted by Crippen LogP contribution is -2.56.